The smallest absolute Gasteiger partial charge is 0.134 e. The van der Waals surface area contributed by atoms with Crippen molar-refractivity contribution in [2.24, 2.45) is 5.92 Å². The Hall–Kier alpha value is -0.480. The molecular weight excluding hydrogens is 218 g/mol. The first-order chi connectivity index (χ1) is 7.67. The lowest BCUT2D eigenvalue weighted by molar-refractivity contribution is 0.530. The minimum absolute atomic E-state index is 0.385. The summed E-state index contributed by atoms with van der Waals surface area (Å²) in [5, 5.41) is 14.3. The lowest BCUT2D eigenvalue weighted by Gasteiger charge is -2.10. The van der Waals surface area contributed by atoms with Gasteiger partial charge >= 0.3 is 0 Å². The van der Waals surface area contributed by atoms with Gasteiger partial charge in [0, 0.05) is 6.42 Å². The number of hydrogen-bond acceptors (Lipinski definition) is 4. The van der Waals surface area contributed by atoms with Crippen LogP contribution in [0.1, 0.15) is 56.6 Å². The highest BCUT2D eigenvalue weighted by atomic mass is 32.1. The van der Waals surface area contributed by atoms with Gasteiger partial charge in [0.1, 0.15) is 10.0 Å². The third-order valence-corrected chi connectivity index (χ3v) is 3.67. The van der Waals surface area contributed by atoms with Crippen LogP contribution in [-0.2, 0) is 6.42 Å². The van der Waals surface area contributed by atoms with Gasteiger partial charge < -0.3 is 5.32 Å². The van der Waals surface area contributed by atoms with Crippen molar-refractivity contribution in [3.05, 3.63) is 10.0 Å². The molecule has 0 aliphatic heterocycles. The van der Waals surface area contributed by atoms with Crippen LogP contribution in [0.15, 0.2) is 0 Å². The van der Waals surface area contributed by atoms with Gasteiger partial charge in [-0.3, -0.25) is 0 Å². The van der Waals surface area contributed by atoms with Crippen LogP contribution in [0.5, 0.6) is 0 Å². The molecule has 16 heavy (non-hydrogen) atoms. The zero-order chi connectivity index (χ0) is 12.0. The summed E-state index contributed by atoms with van der Waals surface area (Å²) >= 11 is 1.76. The molecule has 1 rings (SSSR count). The van der Waals surface area contributed by atoms with E-state index in [1.165, 1.54) is 11.4 Å². The van der Waals surface area contributed by atoms with Crippen LogP contribution in [-0.4, -0.2) is 16.7 Å². The molecule has 0 saturated heterocycles. The molecule has 0 fully saturated rings. The first-order valence-corrected chi connectivity index (χ1v) is 7.04. The first-order valence-electron chi connectivity index (χ1n) is 6.23. The number of nitrogens with zero attached hydrogens (tertiary/aromatic N) is 2. The average Bonchev–Trinajstić information content (AvgIpc) is 2.71. The molecule has 0 amide bonds. The topological polar surface area (TPSA) is 37.8 Å². The molecule has 92 valence electrons. The van der Waals surface area contributed by atoms with Crippen molar-refractivity contribution >= 4 is 11.3 Å². The quantitative estimate of drug-likeness (QED) is 0.796. The van der Waals surface area contributed by atoms with Crippen molar-refractivity contribution in [1.82, 2.24) is 15.5 Å². The summed E-state index contributed by atoms with van der Waals surface area (Å²) in [5.41, 5.74) is 0. The molecule has 3 nitrogen and oxygen atoms in total. The molecule has 0 spiro atoms. The van der Waals surface area contributed by atoms with E-state index in [1.807, 2.05) is 0 Å². The fourth-order valence-corrected chi connectivity index (χ4v) is 2.59. The maximum absolute atomic E-state index is 4.29. The highest BCUT2D eigenvalue weighted by Crippen LogP contribution is 2.22. The van der Waals surface area contributed by atoms with Crippen LogP contribution in [0.4, 0.5) is 0 Å². The molecule has 0 aliphatic carbocycles. The van der Waals surface area contributed by atoms with Gasteiger partial charge in [-0.05, 0) is 25.3 Å². The number of nitrogens with one attached hydrogen (secondary N) is 1. The Morgan fingerprint density at radius 2 is 2.00 bits per heavy atom. The van der Waals surface area contributed by atoms with Crippen molar-refractivity contribution < 1.29 is 0 Å². The van der Waals surface area contributed by atoms with Crippen LogP contribution in [0, 0.1) is 5.92 Å². The standard InChI is InChI=1S/C12H23N3S/c1-5-10(13-6-2)12-15-14-11(16-12)8-7-9(3)4/h9-10,13H,5-8H2,1-4H3. The first kappa shape index (κ1) is 13.6. The summed E-state index contributed by atoms with van der Waals surface area (Å²) in [7, 11) is 0. The van der Waals surface area contributed by atoms with Gasteiger partial charge in [0.2, 0.25) is 0 Å². The lowest BCUT2D eigenvalue weighted by Crippen LogP contribution is -2.19. The van der Waals surface area contributed by atoms with Crippen molar-refractivity contribution in [3.8, 4) is 0 Å². The Labute approximate surface area is 103 Å². The fourth-order valence-electron chi connectivity index (χ4n) is 1.57. The van der Waals surface area contributed by atoms with Gasteiger partial charge in [0.15, 0.2) is 0 Å². The van der Waals surface area contributed by atoms with E-state index in [1.54, 1.807) is 11.3 Å². The summed E-state index contributed by atoms with van der Waals surface area (Å²) in [4.78, 5) is 0. The second-order valence-electron chi connectivity index (χ2n) is 4.49. The Morgan fingerprint density at radius 1 is 1.25 bits per heavy atom. The maximum Gasteiger partial charge on any atom is 0.134 e. The highest BCUT2D eigenvalue weighted by Gasteiger charge is 2.13. The third-order valence-electron chi connectivity index (χ3n) is 2.57. The predicted octanol–water partition coefficient (Wildman–Crippen LogP) is 3.19. The van der Waals surface area contributed by atoms with Gasteiger partial charge in [-0.15, -0.1) is 10.2 Å². The Morgan fingerprint density at radius 3 is 2.56 bits per heavy atom. The lowest BCUT2D eigenvalue weighted by atomic mass is 10.1. The van der Waals surface area contributed by atoms with Gasteiger partial charge in [0.25, 0.3) is 0 Å². The molecule has 1 aromatic rings. The van der Waals surface area contributed by atoms with Crippen LogP contribution in [0.2, 0.25) is 0 Å². The Kier molecular flexibility index (Phi) is 5.91. The van der Waals surface area contributed by atoms with Gasteiger partial charge in [-0.25, -0.2) is 0 Å². The van der Waals surface area contributed by atoms with Gasteiger partial charge in [0.05, 0.1) is 6.04 Å². The van der Waals surface area contributed by atoms with E-state index in [9.17, 15) is 0 Å². The van der Waals surface area contributed by atoms with Crippen LogP contribution < -0.4 is 5.32 Å². The second-order valence-corrected chi connectivity index (χ2v) is 5.58. The molecule has 0 aromatic carbocycles. The number of rotatable bonds is 7. The van der Waals surface area contributed by atoms with Crippen molar-refractivity contribution in [3.63, 3.8) is 0 Å². The summed E-state index contributed by atoms with van der Waals surface area (Å²) in [6, 6.07) is 0.385. The third kappa shape index (κ3) is 4.18. The van der Waals surface area contributed by atoms with E-state index in [4.69, 9.17) is 0 Å². The van der Waals surface area contributed by atoms with E-state index in [-0.39, 0.29) is 0 Å². The van der Waals surface area contributed by atoms with Crippen LogP contribution >= 0.6 is 11.3 Å². The molecule has 0 saturated carbocycles. The van der Waals surface area contributed by atoms with E-state index < -0.39 is 0 Å². The zero-order valence-corrected chi connectivity index (χ0v) is 11.6. The Bertz CT molecular complexity index is 296. The number of aryl methyl sites for hydroxylation is 1. The monoisotopic (exact) mass is 241 g/mol. The van der Waals surface area contributed by atoms with Crippen molar-refractivity contribution in [1.29, 1.82) is 0 Å². The number of hydrogen-bond donors (Lipinski definition) is 1. The SMILES string of the molecule is CCNC(CC)c1nnc(CCC(C)C)s1. The van der Waals surface area contributed by atoms with E-state index in [0.717, 1.165) is 30.3 Å². The predicted molar refractivity (Wildman–Crippen MR) is 69.8 cm³/mol. The maximum atomic E-state index is 4.29. The van der Waals surface area contributed by atoms with Crippen LogP contribution in [0.25, 0.3) is 0 Å². The van der Waals surface area contributed by atoms with Gasteiger partial charge in [-0.1, -0.05) is 39.0 Å². The average molecular weight is 241 g/mol. The molecule has 0 bridgehead atoms. The molecule has 1 N–H and O–H groups in total. The summed E-state index contributed by atoms with van der Waals surface area (Å²) < 4.78 is 0. The molecule has 1 atom stereocenters. The second kappa shape index (κ2) is 6.97. The summed E-state index contributed by atoms with van der Waals surface area (Å²) in [5.74, 6) is 0.739. The molecule has 0 radical (unpaired) electrons. The largest absolute Gasteiger partial charge is 0.308 e. The Balaban J connectivity index is 2.55. The highest BCUT2D eigenvalue weighted by molar-refractivity contribution is 7.11. The molecule has 0 aliphatic rings. The summed E-state index contributed by atoms with van der Waals surface area (Å²) in [6.07, 6.45) is 3.34. The normalized spacial score (nSPS) is 13.3. The summed E-state index contributed by atoms with van der Waals surface area (Å²) in [6.45, 7) is 9.79. The molecular formula is C12H23N3S. The fraction of sp³-hybridized carbons (Fsp3) is 0.833. The molecule has 4 heteroatoms. The molecule has 1 aromatic heterocycles. The van der Waals surface area contributed by atoms with Crippen LogP contribution in [0.3, 0.4) is 0 Å². The van der Waals surface area contributed by atoms with Gasteiger partial charge in [-0.2, -0.15) is 0 Å². The zero-order valence-electron chi connectivity index (χ0n) is 10.8. The minimum Gasteiger partial charge on any atom is -0.308 e. The van der Waals surface area contributed by atoms with E-state index >= 15 is 0 Å². The van der Waals surface area contributed by atoms with Crippen molar-refractivity contribution in [2.45, 2.75) is 53.0 Å². The van der Waals surface area contributed by atoms with E-state index in [2.05, 4.69) is 43.2 Å². The number of aromatic nitrogens is 2. The van der Waals surface area contributed by atoms with Crippen molar-refractivity contribution in [2.75, 3.05) is 6.54 Å². The molecule has 1 heterocycles. The molecule has 1 unspecified atom stereocenters. The van der Waals surface area contributed by atoms with E-state index in [0.29, 0.717) is 6.04 Å². The minimum atomic E-state index is 0.385.